The lowest BCUT2D eigenvalue weighted by atomic mass is 10.0. The van der Waals surface area contributed by atoms with Gasteiger partial charge in [0.25, 0.3) is 0 Å². The lowest BCUT2D eigenvalue weighted by Gasteiger charge is -2.20. The van der Waals surface area contributed by atoms with Gasteiger partial charge in [0.05, 0.1) is 0 Å². The number of alkyl halides is 5. The van der Waals surface area contributed by atoms with Gasteiger partial charge in [0.2, 0.25) is 0 Å². The molecule has 1 aromatic carbocycles. The summed E-state index contributed by atoms with van der Waals surface area (Å²) in [5.41, 5.74) is 0.220. The van der Waals surface area contributed by atoms with Crippen molar-refractivity contribution >= 4 is 5.78 Å². The normalized spacial score (nSPS) is 12.6. The van der Waals surface area contributed by atoms with E-state index in [1.54, 1.807) is 13.8 Å². The Morgan fingerprint density at radius 2 is 1.53 bits per heavy atom. The number of Topliss-reactive ketones (excluding diaryl/α,β-unsaturated/α-hetero) is 1. The number of carbonyl (C=O) groups excluding carboxylic acids is 1. The summed E-state index contributed by atoms with van der Waals surface area (Å²) in [7, 11) is 0. The van der Waals surface area contributed by atoms with Crippen LogP contribution in [0.2, 0.25) is 0 Å². The lowest BCUT2D eigenvalue weighted by molar-refractivity contribution is -0.360. The first-order valence-electron chi connectivity index (χ1n) is 5.32. The van der Waals surface area contributed by atoms with Gasteiger partial charge >= 0.3 is 12.3 Å². The lowest BCUT2D eigenvalue weighted by Crippen LogP contribution is -2.41. The molecule has 0 spiro atoms. The molecular weight excluding hydrogens is 271 g/mol. The minimum absolute atomic E-state index is 0.220. The van der Waals surface area contributed by atoms with Crippen LogP contribution in [0, 0.1) is 5.92 Å². The van der Waals surface area contributed by atoms with Crippen molar-refractivity contribution in [1.29, 1.82) is 0 Å². The first-order chi connectivity index (χ1) is 8.54. The molecule has 0 bridgehead atoms. The fraction of sp³-hybridized carbons (Fsp3) is 0.417. The molecule has 1 aromatic rings. The van der Waals surface area contributed by atoms with Gasteiger partial charge in [-0.05, 0) is 24.3 Å². The zero-order valence-electron chi connectivity index (χ0n) is 10.1. The van der Waals surface area contributed by atoms with Gasteiger partial charge in [0, 0.05) is 11.5 Å². The van der Waals surface area contributed by atoms with Gasteiger partial charge in [-0.3, -0.25) is 4.79 Å². The number of ketones is 1. The molecule has 0 fully saturated rings. The molecule has 0 aliphatic rings. The van der Waals surface area contributed by atoms with E-state index in [1.807, 2.05) is 0 Å². The van der Waals surface area contributed by atoms with Crippen LogP contribution < -0.4 is 4.74 Å². The van der Waals surface area contributed by atoms with E-state index in [0.29, 0.717) is 0 Å². The van der Waals surface area contributed by atoms with Crippen molar-refractivity contribution in [2.45, 2.75) is 26.1 Å². The standard InChI is InChI=1S/C12H11F5O2/c1-7(2)10(18)8-3-5-9(6-4-8)19-12(16,17)11(13,14)15/h3-7H,1-2H3. The molecule has 106 valence electrons. The second-order valence-electron chi connectivity index (χ2n) is 4.16. The summed E-state index contributed by atoms with van der Waals surface area (Å²) in [5, 5.41) is 0. The second-order valence-corrected chi connectivity index (χ2v) is 4.16. The average Bonchev–Trinajstić information content (AvgIpc) is 2.27. The maximum atomic E-state index is 12.6. The SMILES string of the molecule is CC(C)C(=O)c1ccc(OC(F)(F)C(F)(F)F)cc1. The number of ether oxygens (including phenoxy) is 1. The van der Waals surface area contributed by atoms with Crippen LogP contribution in [0.3, 0.4) is 0 Å². The molecule has 0 saturated carbocycles. The quantitative estimate of drug-likeness (QED) is 0.615. The van der Waals surface area contributed by atoms with E-state index in [4.69, 9.17) is 0 Å². The molecule has 0 heterocycles. The number of halogens is 5. The highest BCUT2D eigenvalue weighted by Gasteiger charge is 2.61. The molecule has 2 nitrogen and oxygen atoms in total. The maximum Gasteiger partial charge on any atom is 0.499 e. The Morgan fingerprint density at radius 3 is 1.89 bits per heavy atom. The number of benzene rings is 1. The Hall–Kier alpha value is -1.66. The van der Waals surface area contributed by atoms with Gasteiger partial charge in [-0.25, -0.2) is 0 Å². The largest absolute Gasteiger partial charge is 0.499 e. The van der Waals surface area contributed by atoms with E-state index in [9.17, 15) is 26.7 Å². The maximum absolute atomic E-state index is 12.6. The van der Waals surface area contributed by atoms with Crippen molar-refractivity contribution in [3.8, 4) is 5.75 Å². The van der Waals surface area contributed by atoms with Crippen molar-refractivity contribution < 1.29 is 31.5 Å². The Morgan fingerprint density at radius 1 is 1.05 bits per heavy atom. The van der Waals surface area contributed by atoms with Crippen LogP contribution in [0.25, 0.3) is 0 Å². The fourth-order valence-corrected chi connectivity index (χ4v) is 1.23. The van der Waals surface area contributed by atoms with Crippen molar-refractivity contribution in [1.82, 2.24) is 0 Å². The highest BCUT2D eigenvalue weighted by Crippen LogP contribution is 2.37. The first kappa shape index (κ1) is 15.4. The highest BCUT2D eigenvalue weighted by molar-refractivity contribution is 5.97. The Bertz CT molecular complexity index is 448. The smallest absolute Gasteiger partial charge is 0.426 e. The molecule has 0 aliphatic carbocycles. The van der Waals surface area contributed by atoms with E-state index in [0.717, 1.165) is 24.3 Å². The molecule has 7 heteroatoms. The number of hydrogen-bond donors (Lipinski definition) is 0. The van der Waals surface area contributed by atoms with Crippen LogP contribution in [-0.4, -0.2) is 18.1 Å². The molecular formula is C12H11F5O2. The Kier molecular flexibility index (Phi) is 4.17. The minimum Gasteiger partial charge on any atom is -0.426 e. The van der Waals surface area contributed by atoms with Gasteiger partial charge in [0.1, 0.15) is 5.75 Å². The molecule has 0 aromatic heterocycles. The summed E-state index contributed by atoms with van der Waals surface area (Å²) in [4.78, 5) is 11.5. The monoisotopic (exact) mass is 282 g/mol. The van der Waals surface area contributed by atoms with Crippen LogP contribution >= 0.6 is 0 Å². The molecule has 19 heavy (non-hydrogen) atoms. The summed E-state index contributed by atoms with van der Waals surface area (Å²) < 4.78 is 64.5. The van der Waals surface area contributed by atoms with Crippen LogP contribution in [0.5, 0.6) is 5.75 Å². The Labute approximate surface area is 106 Å². The van der Waals surface area contributed by atoms with E-state index < -0.39 is 18.0 Å². The molecule has 0 unspecified atom stereocenters. The number of carbonyl (C=O) groups is 1. The van der Waals surface area contributed by atoms with Crippen LogP contribution in [0.15, 0.2) is 24.3 Å². The zero-order chi connectivity index (χ0) is 14.8. The van der Waals surface area contributed by atoms with Gasteiger partial charge in [0.15, 0.2) is 5.78 Å². The molecule has 0 aliphatic heterocycles. The average molecular weight is 282 g/mol. The van der Waals surface area contributed by atoms with E-state index in [-0.39, 0.29) is 17.3 Å². The number of hydrogen-bond acceptors (Lipinski definition) is 2. The molecule has 0 amide bonds. The summed E-state index contributed by atoms with van der Waals surface area (Å²) in [6.07, 6.45) is -11.1. The summed E-state index contributed by atoms with van der Waals surface area (Å²) in [5.74, 6) is -1.21. The van der Waals surface area contributed by atoms with E-state index >= 15 is 0 Å². The van der Waals surface area contributed by atoms with Gasteiger partial charge < -0.3 is 4.74 Å². The predicted octanol–water partition coefficient (Wildman–Crippen LogP) is 4.06. The summed E-state index contributed by atoms with van der Waals surface area (Å²) >= 11 is 0. The van der Waals surface area contributed by atoms with Crippen molar-refractivity contribution in [2.75, 3.05) is 0 Å². The molecule has 0 radical (unpaired) electrons. The zero-order valence-corrected chi connectivity index (χ0v) is 10.1. The van der Waals surface area contributed by atoms with Gasteiger partial charge in [-0.15, -0.1) is 0 Å². The van der Waals surface area contributed by atoms with Crippen LogP contribution in [0.1, 0.15) is 24.2 Å². The number of rotatable bonds is 4. The fourth-order valence-electron chi connectivity index (χ4n) is 1.23. The van der Waals surface area contributed by atoms with E-state index in [1.165, 1.54) is 0 Å². The van der Waals surface area contributed by atoms with Crippen LogP contribution in [-0.2, 0) is 0 Å². The van der Waals surface area contributed by atoms with Gasteiger partial charge in [-0.2, -0.15) is 22.0 Å². The van der Waals surface area contributed by atoms with Crippen molar-refractivity contribution in [2.24, 2.45) is 5.92 Å². The van der Waals surface area contributed by atoms with Crippen molar-refractivity contribution in [3.05, 3.63) is 29.8 Å². The third-order valence-electron chi connectivity index (χ3n) is 2.24. The minimum atomic E-state index is -5.79. The highest BCUT2D eigenvalue weighted by atomic mass is 19.4. The third kappa shape index (κ3) is 3.65. The summed E-state index contributed by atoms with van der Waals surface area (Å²) in [6, 6.07) is 4.08. The second kappa shape index (κ2) is 5.14. The predicted molar refractivity (Wildman–Crippen MR) is 57.2 cm³/mol. The van der Waals surface area contributed by atoms with Gasteiger partial charge in [-0.1, -0.05) is 13.8 Å². The Balaban J connectivity index is 2.87. The third-order valence-corrected chi connectivity index (χ3v) is 2.24. The molecule has 0 atom stereocenters. The van der Waals surface area contributed by atoms with E-state index in [2.05, 4.69) is 4.74 Å². The molecule has 0 saturated heterocycles. The topological polar surface area (TPSA) is 26.3 Å². The molecule has 1 rings (SSSR count). The van der Waals surface area contributed by atoms with Crippen molar-refractivity contribution in [3.63, 3.8) is 0 Å². The molecule has 0 N–H and O–H groups in total. The summed E-state index contributed by atoms with van der Waals surface area (Å²) in [6.45, 7) is 3.29. The van der Waals surface area contributed by atoms with Crippen LogP contribution in [0.4, 0.5) is 22.0 Å². The first-order valence-corrected chi connectivity index (χ1v) is 5.32.